The summed E-state index contributed by atoms with van der Waals surface area (Å²) in [5.74, 6) is -0.407. The number of pyridine rings is 1. The number of nitrogens with one attached hydrogen (secondary N) is 1. The zero-order chi connectivity index (χ0) is 18.6. The minimum absolute atomic E-state index is 0.145. The van der Waals surface area contributed by atoms with E-state index in [9.17, 15) is 18.0 Å². The highest BCUT2D eigenvalue weighted by atomic mass is 19.4. The maximum Gasteiger partial charge on any atom is 0.416 e. The molecule has 0 atom stereocenters. The molecule has 1 N–H and O–H groups in total. The van der Waals surface area contributed by atoms with E-state index in [1.54, 1.807) is 18.2 Å². The van der Waals surface area contributed by atoms with Crippen LogP contribution in [0.15, 0.2) is 48.7 Å². The molecule has 1 fully saturated rings. The molecule has 1 amide bonds. The van der Waals surface area contributed by atoms with Gasteiger partial charge >= 0.3 is 6.18 Å². The van der Waals surface area contributed by atoms with E-state index in [1.807, 2.05) is 4.90 Å². The van der Waals surface area contributed by atoms with Gasteiger partial charge in [0.1, 0.15) is 5.69 Å². The first kappa shape index (κ1) is 18.2. The molecular weight excluding hydrogens is 347 g/mol. The number of hydrogen-bond donors (Lipinski definition) is 1. The summed E-state index contributed by atoms with van der Waals surface area (Å²) >= 11 is 0. The van der Waals surface area contributed by atoms with Gasteiger partial charge in [0.2, 0.25) is 0 Å². The van der Waals surface area contributed by atoms with Crippen molar-refractivity contribution in [3.63, 3.8) is 0 Å². The normalized spacial score (nSPS) is 15.7. The summed E-state index contributed by atoms with van der Waals surface area (Å²) < 4.78 is 37.8. The molecule has 0 radical (unpaired) electrons. The van der Waals surface area contributed by atoms with Crippen LogP contribution in [0, 0.1) is 0 Å². The van der Waals surface area contributed by atoms with Crippen molar-refractivity contribution < 1.29 is 22.8 Å². The van der Waals surface area contributed by atoms with Gasteiger partial charge in [0.05, 0.1) is 11.7 Å². The summed E-state index contributed by atoms with van der Waals surface area (Å²) in [4.78, 5) is 23.3. The molecule has 26 heavy (non-hydrogen) atoms. The Kier molecular flexibility index (Phi) is 5.41. The number of halogens is 3. The maximum atomic E-state index is 12.6. The molecule has 0 saturated carbocycles. The van der Waals surface area contributed by atoms with Gasteiger partial charge in [-0.25, -0.2) is 5.48 Å². The van der Waals surface area contributed by atoms with Crippen LogP contribution in [-0.2, 0) is 11.0 Å². The lowest BCUT2D eigenvalue weighted by molar-refractivity contribution is -0.137. The molecule has 2 aromatic rings. The second kappa shape index (κ2) is 7.74. The van der Waals surface area contributed by atoms with Crippen molar-refractivity contribution in [2.45, 2.75) is 25.1 Å². The van der Waals surface area contributed by atoms with Crippen molar-refractivity contribution >= 4 is 11.6 Å². The fourth-order valence-corrected chi connectivity index (χ4v) is 2.78. The first-order chi connectivity index (χ1) is 12.4. The molecule has 138 valence electrons. The second-order valence-corrected chi connectivity index (χ2v) is 6.00. The third-order valence-electron chi connectivity index (χ3n) is 4.22. The molecule has 0 aliphatic carbocycles. The summed E-state index contributed by atoms with van der Waals surface area (Å²) in [7, 11) is 0. The number of rotatable bonds is 4. The number of hydrogen-bond acceptors (Lipinski definition) is 4. The summed E-state index contributed by atoms with van der Waals surface area (Å²) in [5, 5.41) is 0. The van der Waals surface area contributed by atoms with Crippen LogP contribution in [0.3, 0.4) is 0 Å². The lowest BCUT2D eigenvalue weighted by Gasteiger charge is -2.33. The van der Waals surface area contributed by atoms with Gasteiger partial charge < -0.3 is 4.90 Å². The van der Waals surface area contributed by atoms with Gasteiger partial charge in [-0.1, -0.05) is 6.07 Å². The monoisotopic (exact) mass is 365 g/mol. The standard InChI is InChI=1S/C18H18F3N3O2/c19-18(20,21)13-4-6-14(7-5-13)24-11-8-15(9-12-24)26-23-17(25)16-3-1-2-10-22-16/h1-7,10,15H,8-9,11-12H2,(H,23,25). The molecule has 1 saturated heterocycles. The number of amides is 1. The van der Waals surface area contributed by atoms with E-state index in [-0.39, 0.29) is 11.8 Å². The Labute approximate surface area is 148 Å². The summed E-state index contributed by atoms with van der Waals surface area (Å²) in [6.45, 7) is 1.27. The smallest absolute Gasteiger partial charge is 0.371 e. The molecule has 1 aliphatic heterocycles. The molecule has 0 spiro atoms. The summed E-state index contributed by atoms with van der Waals surface area (Å²) in [6.07, 6.45) is -1.64. The molecule has 8 heteroatoms. The van der Waals surface area contributed by atoms with Crippen molar-refractivity contribution in [2.24, 2.45) is 0 Å². The minimum atomic E-state index is -4.33. The van der Waals surface area contributed by atoms with E-state index in [4.69, 9.17) is 4.84 Å². The van der Waals surface area contributed by atoms with Crippen LogP contribution in [0.25, 0.3) is 0 Å². The van der Waals surface area contributed by atoms with Crippen LogP contribution >= 0.6 is 0 Å². The average molecular weight is 365 g/mol. The van der Waals surface area contributed by atoms with Gasteiger partial charge in [-0.15, -0.1) is 0 Å². The topological polar surface area (TPSA) is 54.5 Å². The second-order valence-electron chi connectivity index (χ2n) is 6.00. The molecule has 1 aliphatic rings. The Balaban J connectivity index is 1.48. The molecule has 1 aromatic heterocycles. The Bertz CT molecular complexity index is 728. The van der Waals surface area contributed by atoms with Crippen LogP contribution in [0.1, 0.15) is 28.9 Å². The van der Waals surface area contributed by atoms with E-state index in [0.29, 0.717) is 25.9 Å². The van der Waals surface area contributed by atoms with E-state index in [1.165, 1.54) is 18.3 Å². The number of carbonyl (C=O) groups excluding carboxylic acids is 1. The van der Waals surface area contributed by atoms with Gasteiger partial charge in [0.15, 0.2) is 0 Å². The predicted octanol–water partition coefficient (Wildman–Crippen LogP) is 3.43. The molecule has 0 bridgehead atoms. The average Bonchev–Trinajstić information content (AvgIpc) is 2.66. The zero-order valence-corrected chi connectivity index (χ0v) is 13.9. The fourth-order valence-electron chi connectivity index (χ4n) is 2.78. The van der Waals surface area contributed by atoms with Gasteiger partial charge in [0, 0.05) is 25.0 Å². The number of piperidine rings is 1. The first-order valence-corrected chi connectivity index (χ1v) is 8.23. The largest absolute Gasteiger partial charge is 0.416 e. The van der Waals surface area contributed by atoms with Crippen molar-refractivity contribution in [3.05, 3.63) is 59.9 Å². The molecular formula is C18H18F3N3O2. The number of nitrogens with zero attached hydrogens (tertiary/aromatic N) is 2. The first-order valence-electron chi connectivity index (χ1n) is 8.23. The zero-order valence-electron chi connectivity index (χ0n) is 13.9. The van der Waals surface area contributed by atoms with Gasteiger partial charge in [-0.05, 0) is 49.2 Å². The highest BCUT2D eigenvalue weighted by Gasteiger charge is 2.30. The number of alkyl halides is 3. The minimum Gasteiger partial charge on any atom is -0.371 e. The summed E-state index contributed by atoms with van der Waals surface area (Å²) in [6, 6.07) is 10.2. The van der Waals surface area contributed by atoms with E-state index in [0.717, 1.165) is 17.8 Å². The summed E-state index contributed by atoms with van der Waals surface area (Å²) in [5.41, 5.74) is 2.76. The SMILES string of the molecule is O=C(NOC1CCN(c2ccc(C(F)(F)F)cc2)CC1)c1ccccn1. The number of aromatic nitrogens is 1. The highest BCUT2D eigenvalue weighted by Crippen LogP contribution is 2.31. The van der Waals surface area contributed by atoms with Gasteiger partial charge in [0.25, 0.3) is 5.91 Å². The Hall–Kier alpha value is -2.61. The molecule has 3 rings (SSSR count). The maximum absolute atomic E-state index is 12.6. The van der Waals surface area contributed by atoms with Crippen molar-refractivity contribution in [1.29, 1.82) is 0 Å². The van der Waals surface area contributed by atoms with Gasteiger partial charge in [-0.2, -0.15) is 13.2 Å². The molecule has 1 aromatic carbocycles. The van der Waals surface area contributed by atoms with Crippen LogP contribution in [0.5, 0.6) is 0 Å². The molecule has 2 heterocycles. The van der Waals surface area contributed by atoms with Crippen molar-refractivity contribution in [1.82, 2.24) is 10.5 Å². The molecule has 5 nitrogen and oxygen atoms in total. The Morgan fingerprint density at radius 3 is 2.38 bits per heavy atom. The Morgan fingerprint density at radius 2 is 1.81 bits per heavy atom. The number of anilines is 1. The Morgan fingerprint density at radius 1 is 1.12 bits per heavy atom. The van der Waals surface area contributed by atoms with Crippen LogP contribution in [0.2, 0.25) is 0 Å². The van der Waals surface area contributed by atoms with E-state index >= 15 is 0 Å². The van der Waals surface area contributed by atoms with E-state index in [2.05, 4.69) is 10.5 Å². The van der Waals surface area contributed by atoms with Crippen molar-refractivity contribution in [3.8, 4) is 0 Å². The predicted molar refractivity (Wildman–Crippen MR) is 89.5 cm³/mol. The third-order valence-corrected chi connectivity index (χ3v) is 4.22. The third kappa shape index (κ3) is 4.51. The lowest BCUT2D eigenvalue weighted by atomic mass is 10.1. The molecule has 0 unspecified atom stereocenters. The van der Waals surface area contributed by atoms with E-state index < -0.39 is 17.6 Å². The number of benzene rings is 1. The van der Waals surface area contributed by atoms with Gasteiger partial charge in [-0.3, -0.25) is 14.6 Å². The van der Waals surface area contributed by atoms with Crippen LogP contribution < -0.4 is 10.4 Å². The fraction of sp³-hybridized carbons (Fsp3) is 0.333. The van der Waals surface area contributed by atoms with Crippen LogP contribution in [-0.4, -0.2) is 30.1 Å². The highest BCUT2D eigenvalue weighted by molar-refractivity contribution is 5.91. The quantitative estimate of drug-likeness (QED) is 0.844. The van der Waals surface area contributed by atoms with Crippen LogP contribution in [0.4, 0.5) is 18.9 Å². The number of hydroxylamine groups is 1. The lowest BCUT2D eigenvalue weighted by Crippen LogP contribution is -2.40. The number of carbonyl (C=O) groups is 1. The van der Waals surface area contributed by atoms with Crippen molar-refractivity contribution in [2.75, 3.05) is 18.0 Å².